The lowest BCUT2D eigenvalue weighted by molar-refractivity contribution is -0.274. The van der Waals surface area contributed by atoms with Crippen LogP contribution in [0, 0.1) is 0 Å². The van der Waals surface area contributed by atoms with Crippen LogP contribution >= 0.6 is 0 Å². The number of halogens is 3. The zero-order valence-corrected chi connectivity index (χ0v) is 11.2. The largest absolute Gasteiger partial charge is 0.573 e. The molecule has 0 aliphatic rings. The van der Waals surface area contributed by atoms with Crippen LogP contribution in [0.5, 0.6) is 5.75 Å². The first kappa shape index (κ1) is 16.6. The predicted octanol–water partition coefficient (Wildman–Crippen LogP) is 3.50. The van der Waals surface area contributed by atoms with E-state index in [4.69, 9.17) is 4.74 Å². The van der Waals surface area contributed by atoms with Gasteiger partial charge in [0.15, 0.2) is 0 Å². The number of hydrogen-bond donors (Lipinski definition) is 1. The van der Waals surface area contributed by atoms with Crippen molar-refractivity contribution in [2.45, 2.75) is 20.2 Å². The Morgan fingerprint density at radius 1 is 1.29 bits per heavy atom. The van der Waals surface area contributed by atoms with Crippen LogP contribution in [0.3, 0.4) is 0 Å². The number of ether oxygens (including phenoxy) is 2. The summed E-state index contributed by atoms with van der Waals surface area (Å²) in [6.07, 6.45) is -5.67. The first-order chi connectivity index (χ1) is 9.80. The van der Waals surface area contributed by atoms with Gasteiger partial charge in [0.25, 0.3) is 0 Å². The molecule has 1 aromatic rings. The summed E-state index contributed by atoms with van der Waals surface area (Å²) in [7, 11) is 0. The highest BCUT2D eigenvalue weighted by atomic mass is 19.4. The minimum Gasteiger partial charge on any atom is -0.479 e. The van der Waals surface area contributed by atoms with Gasteiger partial charge in [-0.1, -0.05) is 0 Å². The molecule has 0 heterocycles. The van der Waals surface area contributed by atoms with Gasteiger partial charge in [0.2, 0.25) is 5.90 Å². The van der Waals surface area contributed by atoms with Crippen LogP contribution in [-0.2, 0) is 9.57 Å². The molecule has 0 radical (unpaired) electrons. The number of amides is 1. The molecule has 0 spiro atoms. The van der Waals surface area contributed by atoms with Crippen molar-refractivity contribution < 1.29 is 32.3 Å². The highest BCUT2D eigenvalue weighted by Crippen LogP contribution is 2.23. The van der Waals surface area contributed by atoms with Gasteiger partial charge < -0.3 is 9.47 Å². The van der Waals surface area contributed by atoms with Gasteiger partial charge in [0.05, 0.1) is 6.61 Å². The maximum atomic E-state index is 12.0. The van der Waals surface area contributed by atoms with Crippen LogP contribution in [0.15, 0.2) is 29.4 Å². The average Bonchev–Trinajstić information content (AvgIpc) is 2.37. The van der Waals surface area contributed by atoms with Crippen LogP contribution in [0.1, 0.15) is 13.8 Å². The van der Waals surface area contributed by atoms with E-state index in [0.29, 0.717) is 6.61 Å². The Morgan fingerprint density at radius 2 is 1.90 bits per heavy atom. The van der Waals surface area contributed by atoms with E-state index >= 15 is 0 Å². The van der Waals surface area contributed by atoms with Crippen molar-refractivity contribution in [2.24, 2.45) is 5.16 Å². The number of oxime groups is 1. The fourth-order valence-electron chi connectivity index (χ4n) is 1.22. The van der Waals surface area contributed by atoms with Crippen molar-refractivity contribution in [1.82, 2.24) is 0 Å². The number of nitrogens with zero attached hydrogens (tertiary/aromatic N) is 1. The van der Waals surface area contributed by atoms with Gasteiger partial charge in [-0.15, -0.1) is 13.2 Å². The van der Waals surface area contributed by atoms with Gasteiger partial charge in [-0.25, -0.2) is 4.79 Å². The molecule has 0 unspecified atom stereocenters. The molecule has 0 atom stereocenters. The van der Waals surface area contributed by atoms with Crippen molar-refractivity contribution in [3.8, 4) is 5.75 Å². The predicted molar refractivity (Wildman–Crippen MR) is 68.0 cm³/mol. The second-order valence-corrected chi connectivity index (χ2v) is 3.62. The van der Waals surface area contributed by atoms with Gasteiger partial charge >= 0.3 is 12.5 Å². The molecule has 116 valence electrons. The van der Waals surface area contributed by atoms with Crippen molar-refractivity contribution in [3.63, 3.8) is 0 Å². The quantitative estimate of drug-likeness (QED) is 0.400. The summed E-state index contributed by atoms with van der Waals surface area (Å²) in [6.45, 7) is 3.62. The highest BCUT2D eigenvalue weighted by Gasteiger charge is 2.30. The summed E-state index contributed by atoms with van der Waals surface area (Å²) < 4.78 is 44.5. The zero-order chi connectivity index (χ0) is 15.9. The van der Waals surface area contributed by atoms with E-state index in [1.54, 1.807) is 6.92 Å². The zero-order valence-electron chi connectivity index (χ0n) is 11.2. The van der Waals surface area contributed by atoms with Crippen molar-refractivity contribution in [3.05, 3.63) is 24.3 Å². The molecule has 21 heavy (non-hydrogen) atoms. The lowest BCUT2D eigenvalue weighted by Crippen LogP contribution is -2.17. The van der Waals surface area contributed by atoms with Crippen LogP contribution in [0.4, 0.5) is 23.7 Å². The first-order valence-corrected chi connectivity index (χ1v) is 5.81. The van der Waals surface area contributed by atoms with Gasteiger partial charge in [-0.2, -0.15) is 0 Å². The fraction of sp³-hybridized carbons (Fsp3) is 0.333. The van der Waals surface area contributed by atoms with E-state index in [9.17, 15) is 18.0 Å². The van der Waals surface area contributed by atoms with Crippen LogP contribution < -0.4 is 10.1 Å². The maximum Gasteiger partial charge on any atom is 0.573 e. The number of carbonyl (C=O) groups excluding carboxylic acids is 1. The summed E-state index contributed by atoms with van der Waals surface area (Å²) in [4.78, 5) is 15.8. The number of hydrogen-bond acceptors (Lipinski definition) is 5. The topological polar surface area (TPSA) is 69.2 Å². The summed E-state index contributed by atoms with van der Waals surface area (Å²) in [6, 6.07) is 4.55. The molecule has 0 fully saturated rings. The SMILES string of the molecule is CCOC(C)=NOC(=O)Nc1ccc(OC(F)(F)F)cc1. The Bertz CT molecular complexity index is 500. The summed E-state index contributed by atoms with van der Waals surface area (Å²) in [5.74, 6) is -0.229. The van der Waals surface area contributed by atoms with E-state index < -0.39 is 18.2 Å². The van der Waals surface area contributed by atoms with E-state index in [2.05, 4.69) is 20.0 Å². The standard InChI is InChI=1S/C12H13F3N2O4/c1-3-19-8(2)17-21-11(18)16-9-4-6-10(7-5-9)20-12(13,14)15/h4-7H,3H2,1-2H3,(H,16,18). The monoisotopic (exact) mass is 306 g/mol. The summed E-state index contributed by atoms with van der Waals surface area (Å²) in [5, 5.41) is 5.65. The second kappa shape index (κ2) is 7.36. The van der Waals surface area contributed by atoms with Crippen LogP contribution in [0.2, 0.25) is 0 Å². The van der Waals surface area contributed by atoms with Crippen LogP contribution in [-0.4, -0.2) is 25.0 Å². The Morgan fingerprint density at radius 3 is 2.43 bits per heavy atom. The molecule has 1 rings (SSSR count). The number of nitrogens with one attached hydrogen (secondary N) is 1. The summed E-state index contributed by atoms with van der Waals surface area (Å²) >= 11 is 0. The van der Waals surface area contributed by atoms with Gasteiger partial charge in [-0.3, -0.25) is 10.2 Å². The molecular formula is C12H13F3N2O4. The molecule has 0 aromatic heterocycles. The molecule has 0 aliphatic heterocycles. The van der Waals surface area contributed by atoms with Crippen molar-refractivity contribution >= 4 is 17.7 Å². The number of carbonyl (C=O) groups is 1. The molecule has 1 N–H and O–H groups in total. The Hall–Kier alpha value is -2.45. The Labute approximate surface area is 118 Å². The van der Waals surface area contributed by atoms with Crippen molar-refractivity contribution in [2.75, 3.05) is 11.9 Å². The first-order valence-electron chi connectivity index (χ1n) is 5.81. The number of anilines is 1. The third kappa shape index (κ3) is 7.04. The minimum absolute atomic E-state index is 0.168. The fourth-order valence-corrected chi connectivity index (χ4v) is 1.22. The number of alkyl halides is 3. The molecular weight excluding hydrogens is 293 g/mol. The van der Waals surface area contributed by atoms with Crippen molar-refractivity contribution in [1.29, 1.82) is 0 Å². The number of rotatable bonds is 4. The van der Waals surface area contributed by atoms with E-state index in [1.807, 2.05) is 0 Å². The smallest absolute Gasteiger partial charge is 0.479 e. The lowest BCUT2D eigenvalue weighted by atomic mass is 10.3. The molecule has 9 heteroatoms. The molecule has 0 saturated heterocycles. The van der Waals surface area contributed by atoms with Gasteiger partial charge in [0.1, 0.15) is 5.75 Å². The second-order valence-electron chi connectivity index (χ2n) is 3.62. The summed E-state index contributed by atoms with van der Waals surface area (Å²) in [5.41, 5.74) is 0.221. The van der Waals surface area contributed by atoms with Gasteiger partial charge in [-0.05, 0) is 36.3 Å². The van der Waals surface area contributed by atoms with Crippen LogP contribution in [0.25, 0.3) is 0 Å². The molecule has 6 nitrogen and oxygen atoms in total. The third-order valence-corrected chi connectivity index (χ3v) is 1.94. The molecule has 1 amide bonds. The Balaban J connectivity index is 2.52. The highest BCUT2D eigenvalue weighted by molar-refractivity contribution is 5.85. The molecule has 0 aliphatic carbocycles. The minimum atomic E-state index is -4.76. The van der Waals surface area contributed by atoms with E-state index in [1.165, 1.54) is 19.1 Å². The van der Waals surface area contributed by atoms with Gasteiger partial charge in [0, 0.05) is 12.6 Å². The number of benzene rings is 1. The third-order valence-electron chi connectivity index (χ3n) is 1.94. The molecule has 0 bridgehead atoms. The average molecular weight is 306 g/mol. The normalized spacial score (nSPS) is 11.8. The van der Waals surface area contributed by atoms with E-state index in [-0.39, 0.29) is 11.6 Å². The van der Waals surface area contributed by atoms with E-state index in [0.717, 1.165) is 12.1 Å². The molecule has 0 saturated carbocycles. The maximum absolute atomic E-state index is 12.0. The Kier molecular flexibility index (Phi) is 5.82. The molecule has 1 aromatic carbocycles. The lowest BCUT2D eigenvalue weighted by Gasteiger charge is -2.09.